The predicted molar refractivity (Wildman–Crippen MR) is 102 cm³/mol. The van der Waals surface area contributed by atoms with E-state index < -0.39 is 5.92 Å². The fourth-order valence-electron chi connectivity index (χ4n) is 3.34. The molecule has 1 aromatic carbocycles. The first-order valence-electron chi connectivity index (χ1n) is 8.45. The molecule has 0 saturated carbocycles. The molecule has 1 aliphatic heterocycles. The number of nitrogens with two attached hydrogens (primary N) is 1. The third kappa shape index (κ3) is 2.81. The maximum atomic E-state index is 13.0. The molecule has 0 saturated heterocycles. The van der Waals surface area contributed by atoms with Crippen molar-refractivity contribution in [2.24, 2.45) is 12.8 Å². The lowest BCUT2D eigenvalue weighted by molar-refractivity contribution is 0.323. The van der Waals surface area contributed by atoms with Crippen LogP contribution in [0, 0.1) is 18.3 Å². The molecule has 0 bridgehead atoms. The van der Waals surface area contributed by atoms with Crippen LogP contribution < -0.4 is 30.2 Å². The number of methoxy groups -OCH3 is 3. The van der Waals surface area contributed by atoms with Crippen LogP contribution in [-0.4, -0.2) is 25.9 Å². The molecule has 8 nitrogen and oxygen atoms in total. The largest absolute Gasteiger partial charge is 0.493 e. The van der Waals surface area contributed by atoms with Gasteiger partial charge in [0.15, 0.2) is 11.5 Å². The van der Waals surface area contributed by atoms with E-state index in [9.17, 15) is 10.1 Å². The zero-order valence-corrected chi connectivity index (χ0v) is 16.3. The highest BCUT2D eigenvalue weighted by atomic mass is 16.5. The van der Waals surface area contributed by atoms with E-state index in [1.54, 1.807) is 32.2 Å². The Balaban J connectivity index is 2.37. The molecule has 8 heteroatoms. The number of nitrogens with zero attached hydrogens (tertiary/aromatic N) is 2. The molecule has 0 amide bonds. The van der Waals surface area contributed by atoms with E-state index in [0.29, 0.717) is 39.8 Å². The van der Waals surface area contributed by atoms with E-state index in [-0.39, 0.29) is 17.0 Å². The van der Waals surface area contributed by atoms with Gasteiger partial charge in [-0.1, -0.05) is 0 Å². The Morgan fingerprint density at radius 1 is 1.14 bits per heavy atom. The van der Waals surface area contributed by atoms with Crippen LogP contribution in [0.1, 0.15) is 22.7 Å². The van der Waals surface area contributed by atoms with Gasteiger partial charge in [-0.25, -0.2) is 0 Å². The summed E-state index contributed by atoms with van der Waals surface area (Å²) in [7, 11) is 6.16. The van der Waals surface area contributed by atoms with E-state index in [0.717, 1.165) is 0 Å². The van der Waals surface area contributed by atoms with Gasteiger partial charge in [-0.15, -0.1) is 0 Å². The van der Waals surface area contributed by atoms with Crippen molar-refractivity contribution in [3.8, 4) is 29.1 Å². The zero-order valence-electron chi connectivity index (χ0n) is 16.3. The van der Waals surface area contributed by atoms with Gasteiger partial charge in [-0.05, 0) is 24.6 Å². The molecular formula is C20H21N3O5. The molecule has 2 heterocycles. The van der Waals surface area contributed by atoms with E-state index in [1.165, 1.54) is 25.9 Å². The number of fused-ring (bicyclic) bond motifs is 1. The van der Waals surface area contributed by atoms with Crippen molar-refractivity contribution < 1.29 is 18.9 Å². The van der Waals surface area contributed by atoms with Crippen LogP contribution in [0.25, 0.3) is 0 Å². The van der Waals surface area contributed by atoms with Gasteiger partial charge in [-0.2, -0.15) is 5.26 Å². The summed E-state index contributed by atoms with van der Waals surface area (Å²) in [5.74, 6) is 0.779. The second-order valence-corrected chi connectivity index (χ2v) is 6.31. The van der Waals surface area contributed by atoms with Crippen LogP contribution >= 0.6 is 0 Å². The predicted octanol–water partition coefficient (Wildman–Crippen LogP) is 1.94. The minimum Gasteiger partial charge on any atom is -0.493 e. The van der Waals surface area contributed by atoms with Crippen molar-refractivity contribution in [2.75, 3.05) is 21.3 Å². The monoisotopic (exact) mass is 383 g/mol. The first kappa shape index (κ1) is 19.2. The zero-order chi connectivity index (χ0) is 20.6. The molecule has 0 radical (unpaired) electrons. The van der Waals surface area contributed by atoms with Crippen molar-refractivity contribution in [1.82, 2.24) is 4.57 Å². The lowest BCUT2D eigenvalue weighted by atomic mass is 9.83. The van der Waals surface area contributed by atoms with E-state index in [2.05, 4.69) is 6.07 Å². The molecule has 2 aromatic rings. The van der Waals surface area contributed by atoms with Crippen molar-refractivity contribution in [2.45, 2.75) is 12.8 Å². The molecule has 2 N–H and O–H groups in total. The Morgan fingerprint density at radius 3 is 2.25 bits per heavy atom. The minimum atomic E-state index is -0.734. The first-order chi connectivity index (χ1) is 13.4. The molecule has 146 valence electrons. The summed E-state index contributed by atoms with van der Waals surface area (Å²) in [5.41, 5.74) is 7.51. The lowest BCUT2D eigenvalue weighted by Crippen LogP contribution is -2.31. The van der Waals surface area contributed by atoms with Gasteiger partial charge in [0.05, 0.1) is 32.8 Å². The van der Waals surface area contributed by atoms with Gasteiger partial charge in [0.25, 0.3) is 5.56 Å². The summed E-state index contributed by atoms with van der Waals surface area (Å²) < 4.78 is 23.3. The smallest absolute Gasteiger partial charge is 0.258 e. The van der Waals surface area contributed by atoms with Crippen molar-refractivity contribution in [1.29, 1.82) is 5.26 Å². The van der Waals surface area contributed by atoms with Crippen LogP contribution in [0.3, 0.4) is 0 Å². The Kier molecular flexibility index (Phi) is 4.92. The highest BCUT2D eigenvalue weighted by Crippen LogP contribution is 2.46. The summed E-state index contributed by atoms with van der Waals surface area (Å²) in [6.45, 7) is 1.79. The summed E-state index contributed by atoms with van der Waals surface area (Å²) in [6.07, 6.45) is 0. The van der Waals surface area contributed by atoms with Crippen LogP contribution in [0.5, 0.6) is 23.0 Å². The Labute approximate surface area is 162 Å². The fourth-order valence-corrected chi connectivity index (χ4v) is 3.34. The summed E-state index contributed by atoms with van der Waals surface area (Å²) in [5, 5.41) is 9.72. The molecule has 0 unspecified atom stereocenters. The normalized spacial score (nSPS) is 15.4. The van der Waals surface area contributed by atoms with Crippen molar-refractivity contribution >= 4 is 0 Å². The van der Waals surface area contributed by atoms with E-state index in [1.807, 2.05) is 0 Å². The number of aromatic nitrogens is 1. The molecule has 28 heavy (non-hydrogen) atoms. The molecular weight excluding hydrogens is 362 g/mol. The maximum absolute atomic E-state index is 13.0. The Bertz CT molecular complexity index is 1050. The van der Waals surface area contributed by atoms with Gasteiger partial charge in [0, 0.05) is 18.8 Å². The van der Waals surface area contributed by atoms with E-state index >= 15 is 0 Å². The molecule has 1 aliphatic rings. The third-order valence-corrected chi connectivity index (χ3v) is 4.87. The first-order valence-corrected chi connectivity index (χ1v) is 8.45. The molecule has 1 atom stereocenters. The van der Waals surface area contributed by atoms with Crippen LogP contribution in [0.4, 0.5) is 0 Å². The second-order valence-electron chi connectivity index (χ2n) is 6.31. The quantitative estimate of drug-likeness (QED) is 0.859. The molecule has 0 fully saturated rings. The standard InChI is InChI=1S/C20H21N3O5/c1-10-6-13-17(20(24)23(10)2)16(12(9-21)19(22)28-13)11-7-14(25-3)18(27-5)15(8-11)26-4/h6-8,16H,22H2,1-5H3/t16-/m1/s1. The van der Waals surface area contributed by atoms with Crippen LogP contribution in [-0.2, 0) is 7.05 Å². The molecule has 0 spiro atoms. The highest BCUT2D eigenvalue weighted by Gasteiger charge is 2.35. The number of hydrogen-bond acceptors (Lipinski definition) is 7. The fraction of sp³-hybridized carbons (Fsp3) is 0.300. The number of pyridine rings is 1. The number of rotatable bonds is 4. The number of hydrogen-bond donors (Lipinski definition) is 1. The third-order valence-electron chi connectivity index (χ3n) is 4.87. The number of ether oxygens (including phenoxy) is 4. The number of aryl methyl sites for hydroxylation is 1. The Morgan fingerprint density at radius 2 is 1.75 bits per heavy atom. The van der Waals surface area contributed by atoms with E-state index in [4.69, 9.17) is 24.7 Å². The maximum Gasteiger partial charge on any atom is 0.258 e. The SMILES string of the molecule is COc1cc([C@@H]2C(C#N)=C(N)Oc3cc(C)n(C)c(=O)c32)cc(OC)c1OC. The second kappa shape index (κ2) is 7.19. The molecule has 1 aromatic heterocycles. The molecule has 3 rings (SSSR count). The molecule has 0 aliphatic carbocycles. The summed E-state index contributed by atoms with van der Waals surface area (Å²) >= 11 is 0. The number of benzene rings is 1. The van der Waals surface area contributed by atoms with Crippen LogP contribution in [0.2, 0.25) is 0 Å². The average molecular weight is 383 g/mol. The minimum absolute atomic E-state index is 0.0404. The summed E-state index contributed by atoms with van der Waals surface area (Å²) in [4.78, 5) is 13.0. The summed E-state index contributed by atoms with van der Waals surface area (Å²) in [6, 6.07) is 7.20. The average Bonchev–Trinajstić information content (AvgIpc) is 2.69. The van der Waals surface area contributed by atoms with Gasteiger partial charge in [0.2, 0.25) is 11.6 Å². The number of nitriles is 1. The van der Waals surface area contributed by atoms with Gasteiger partial charge in [0.1, 0.15) is 17.4 Å². The van der Waals surface area contributed by atoms with Crippen molar-refractivity contribution in [3.63, 3.8) is 0 Å². The Hall–Kier alpha value is -3.60. The number of allylic oxidation sites excluding steroid dienone is 1. The van der Waals surface area contributed by atoms with Gasteiger partial charge in [-0.3, -0.25) is 4.79 Å². The lowest BCUT2D eigenvalue weighted by Gasteiger charge is -2.27. The van der Waals surface area contributed by atoms with Gasteiger partial charge < -0.3 is 29.2 Å². The highest BCUT2D eigenvalue weighted by molar-refractivity contribution is 5.61. The topological polar surface area (TPSA) is 109 Å². The van der Waals surface area contributed by atoms with Gasteiger partial charge >= 0.3 is 0 Å². The van der Waals surface area contributed by atoms with Crippen molar-refractivity contribution in [3.05, 3.63) is 56.8 Å². The van der Waals surface area contributed by atoms with Crippen LogP contribution in [0.15, 0.2) is 34.4 Å².